The maximum Gasteiger partial charge on any atom is 0.334 e. The molecule has 1 N–H and O–H groups in total. The number of hydrogen-bond donors (Lipinski definition) is 1. The molecular weight excluding hydrogens is 284 g/mol. The Bertz CT molecular complexity index is 557. The van der Waals surface area contributed by atoms with Crippen molar-refractivity contribution in [2.75, 3.05) is 0 Å². The molecule has 1 saturated heterocycles. The molecule has 0 spiro atoms. The third-order valence-corrected chi connectivity index (χ3v) is 4.13. The van der Waals surface area contributed by atoms with Crippen molar-refractivity contribution in [3.05, 3.63) is 35.5 Å². The second-order valence-electron chi connectivity index (χ2n) is 5.99. The molecule has 0 aromatic heterocycles. The molecule has 1 fully saturated rings. The van der Waals surface area contributed by atoms with E-state index < -0.39 is 30.2 Å². The second kappa shape index (κ2) is 6.48. The van der Waals surface area contributed by atoms with Gasteiger partial charge in [0.1, 0.15) is 12.2 Å². The van der Waals surface area contributed by atoms with Gasteiger partial charge in [0, 0.05) is 18.9 Å². The number of ether oxygens (including phenoxy) is 2. The zero-order valence-corrected chi connectivity index (χ0v) is 13.2. The van der Waals surface area contributed by atoms with E-state index in [9.17, 15) is 14.7 Å². The van der Waals surface area contributed by atoms with Crippen molar-refractivity contribution in [2.45, 2.75) is 51.9 Å². The number of carbonyl (C=O) groups excluding carboxylic acids is 2. The largest absolute Gasteiger partial charge is 0.458 e. The number of fused-ring (bicyclic) bond motifs is 1. The van der Waals surface area contributed by atoms with Crippen LogP contribution in [0.3, 0.4) is 0 Å². The van der Waals surface area contributed by atoms with Gasteiger partial charge in [0.25, 0.3) is 0 Å². The van der Waals surface area contributed by atoms with E-state index in [-0.39, 0.29) is 5.97 Å². The van der Waals surface area contributed by atoms with E-state index >= 15 is 0 Å². The van der Waals surface area contributed by atoms with Crippen LogP contribution < -0.4 is 0 Å². The Kier molecular flexibility index (Phi) is 4.86. The third-order valence-electron chi connectivity index (χ3n) is 4.13. The molecular formula is C17H22O5. The highest BCUT2D eigenvalue weighted by molar-refractivity contribution is 5.91. The maximum atomic E-state index is 11.8. The lowest BCUT2D eigenvalue weighted by Crippen LogP contribution is -2.30. The van der Waals surface area contributed by atoms with E-state index in [1.165, 1.54) is 6.92 Å². The molecule has 0 saturated carbocycles. The molecule has 0 radical (unpaired) electrons. The van der Waals surface area contributed by atoms with Gasteiger partial charge in [0.05, 0.1) is 12.0 Å². The number of esters is 2. The van der Waals surface area contributed by atoms with Gasteiger partial charge in [-0.2, -0.15) is 0 Å². The van der Waals surface area contributed by atoms with Crippen LogP contribution >= 0.6 is 0 Å². The molecule has 120 valence electrons. The van der Waals surface area contributed by atoms with Gasteiger partial charge in [0.15, 0.2) is 0 Å². The predicted molar refractivity (Wildman–Crippen MR) is 80.8 cm³/mol. The van der Waals surface area contributed by atoms with Crippen molar-refractivity contribution < 1.29 is 24.2 Å². The summed E-state index contributed by atoms with van der Waals surface area (Å²) in [6.45, 7) is 8.85. The van der Waals surface area contributed by atoms with Crippen molar-refractivity contribution in [3.8, 4) is 0 Å². The summed E-state index contributed by atoms with van der Waals surface area (Å²) >= 11 is 0. The Balaban J connectivity index is 2.37. The lowest BCUT2D eigenvalue weighted by Gasteiger charge is -2.25. The van der Waals surface area contributed by atoms with Crippen molar-refractivity contribution in [1.82, 2.24) is 0 Å². The SMILES string of the molecule is C=C1C(=O)O[C@H]2/C=C(/C)[C@@H](OC(C)=O)C/C=C(\C)C[C@@H](O)[C@@H]12. The molecule has 22 heavy (non-hydrogen) atoms. The van der Waals surface area contributed by atoms with E-state index in [0.29, 0.717) is 18.4 Å². The third kappa shape index (κ3) is 3.47. The molecule has 0 aromatic carbocycles. The maximum absolute atomic E-state index is 11.8. The van der Waals surface area contributed by atoms with Crippen molar-refractivity contribution in [2.24, 2.45) is 5.92 Å². The molecule has 5 nitrogen and oxygen atoms in total. The van der Waals surface area contributed by atoms with Crippen LogP contribution in [0, 0.1) is 5.92 Å². The molecule has 5 heteroatoms. The van der Waals surface area contributed by atoms with Crippen molar-refractivity contribution in [3.63, 3.8) is 0 Å². The molecule has 1 aliphatic carbocycles. The van der Waals surface area contributed by atoms with Crippen molar-refractivity contribution >= 4 is 11.9 Å². The summed E-state index contributed by atoms with van der Waals surface area (Å²) in [5, 5.41) is 10.4. The second-order valence-corrected chi connectivity index (χ2v) is 5.99. The van der Waals surface area contributed by atoms with Gasteiger partial charge in [-0.1, -0.05) is 18.2 Å². The van der Waals surface area contributed by atoms with Crippen LogP contribution in [0.5, 0.6) is 0 Å². The summed E-state index contributed by atoms with van der Waals surface area (Å²) in [7, 11) is 0. The van der Waals surface area contributed by atoms with Crippen LogP contribution in [-0.2, 0) is 19.1 Å². The number of aliphatic hydroxyl groups excluding tert-OH is 1. The number of aliphatic hydroxyl groups is 1. The minimum atomic E-state index is -0.727. The zero-order chi connectivity index (χ0) is 16.4. The van der Waals surface area contributed by atoms with Crippen LogP contribution in [0.25, 0.3) is 0 Å². The van der Waals surface area contributed by atoms with E-state index in [4.69, 9.17) is 9.47 Å². The first kappa shape index (κ1) is 16.5. The molecule has 0 unspecified atom stereocenters. The molecule has 2 aliphatic rings. The van der Waals surface area contributed by atoms with Crippen LogP contribution in [0.1, 0.15) is 33.6 Å². The Morgan fingerprint density at radius 3 is 2.77 bits per heavy atom. The predicted octanol–water partition coefficient (Wildman–Crippen LogP) is 2.06. The summed E-state index contributed by atoms with van der Waals surface area (Å²) in [5.41, 5.74) is 2.06. The average Bonchev–Trinajstić information content (AvgIpc) is 2.68. The van der Waals surface area contributed by atoms with Gasteiger partial charge >= 0.3 is 11.9 Å². The first-order chi connectivity index (χ1) is 10.3. The van der Waals surface area contributed by atoms with Gasteiger partial charge in [-0.3, -0.25) is 4.79 Å². The summed E-state index contributed by atoms with van der Waals surface area (Å²) < 4.78 is 10.6. The smallest absolute Gasteiger partial charge is 0.334 e. The molecule has 2 rings (SSSR count). The van der Waals surface area contributed by atoms with E-state index in [1.54, 1.807) is 6.08 Å². The number of carbonyl (C=O) groups is 2. The number of rotatable bonds is 1. The summed E-state index contributed by atoms with van der Waals surface area (Å²) in [6.07, 6.45) is 2.98. The highest BCUT2D eigenvalue weighted by atomic mass is 16.6. The Labute approximate surface area is 130 Å². The minimum Gasteiger partial charge on any atom is -0.458 e. The van der Waals surface area contributed by atoms with Gasteiger partial charge in [-0.25, -0.2) is 4.79 Å². The van der Waals surface area contributed by atoms with Gasteiger partial charge in [-0.05, 0) is 31.9 Å². The lowest BCUT2D eigenvalue weighted by atomic mass is 9.85. The summed E-state index contributed by atoms with van der Waals surface area (Å²) in [5.74, 6) is -1.31. The topological polar surface area (TPSA) is 72.8 Å². The molecule has 1 aliphatic heterocycles. The average molecular weight is 306 g/mol. The summed E-state index contributed by atoms with van der Waals surface area (Å²) in [4.78, 5) is 23.0. The lowest BCUT2D eigenvalue weighted by molar-refractivity contribution is -0.144. The molecule has 0 amide bonds. The fourth-order valence-electron chi connectivity index (χ4n) is 2.94. The number of hydrogen-bond acceptors (Lipinski definition) is 5. The van der Waals surface area contributed by atoms with E-state index in [2.05, 4.69) is 6.58 Å². The summed E-state index contributed by atoms with van der Waals surface area (Å²) in [6, 6.07) is 0. The van der Waals surface area contributed by atoms with E-state index in [0.717, 1.165) is 11.1 Å². The van der Waals surface area contributed by atoms with Gasteiger partial charge in [-0.15, -0.1) is 0 Å². The quantitative estimate of drug-likeness (QED) is 0.456. The Hall–Kier alpha value is -1.88. The first-order valence-electron chi connectivity index (χ1n) is 7.38. The fourth-order valence-corrected chi connectivity index (χ4v) is 2.94. The van der Waals surface area contributed by atoms with Crippen LogP contribution in [0.4, 0.5) is 0 Å². The zero-order valence-electron chi connectivity index (χ0n) is 13.2. The normalized spacial score (nSPS) is 37.3. The molecule has 0 aromatic rings. The van der Waals surface area contributed by atoms with Gasteiger partial charge in [0.2, 0.25) is 0 Å². The minimum absolute atomic E-state index is 0.291. The first-order valence-corrected chi connectivity index (χ1v) is 7.38. The Morgan fingerprint density at radius 2 is 2.14 bits per heavy atom. The van der Waals surface area contributed by atoms with E-state index in [1.807, 2.05) is 19.9 Å². The monoisotopic (exact) mass is 306 g/mol. The van der Waals surface area contributed by atoms with Gasteiger partial charge < -0.3 is 14.6 Å². The highest BCUT2D eigenvalue weighted by Crippen LogP contribution is 2.34. The Morgan fingerprint density at radius 1 is 1.45 bits per heavy atom. The van der Waals surface area contributed by atoms with Crippen LogP contribution in [0.2, 0.25) is 0 Å². The van der Waals surface area contributed by atoms with Crippen LogP contribution in [0.15, 0.2) is 35.5 Å². The standard InChI is InChI=1S/C17H22O5/c1-9-5-6-14(21-12(4)18)10(2)8-15-16(13(19)7-9)11(3)17(20)22-15/h5,8,13-16,19H,3,6-7H2,1-2,4H3/b9-5+,10-8-/t13-,14+,15+,16-/m1/s1. The molecule has 0 bridgehead atoms. The molecule has 1 heterocycles. The van der Waals surface area contributed by atoms with Crippen molar-refractivity contribution in [1.29, 1.82) is 0 Å². The molecule has 4 atom stereocenters. The van der Waals surface area contributed by atoms with Crippen LogP contribution in [-0.4, -0.2) is 35.4 Å². The highest BCUT2D eigenvalue weighted by Gasteiger charge is 2.42. The fraction of sp³-hybridized carbons (Fsp3) is 0.529.